The van der Waals surface area contributed by atoms with Crippen molar-refractivity contribution in [1.82, 2.24) is 9.55 Å². The number of alkyl halides is 6. The van der Waals surface area contributed by atoms with Crippen LogP contribution >= 0.6 is 0 Å². The number of benzene rings is 3. The Morgan fingerprint density at radius 1 is 0.892 bits per heavy atom. The lowest BCUT2D eigenvalue weighted by atomic mass is 9.92. The first-order valence-corrected chi connectivity index (χ1v) is 10.4. The average Bonchev–Trinajstić information content (AvgIpc) is 2.83. The summed E-state index contributed by atoms with van der Waals surface area (Å²) < 4.78 is 80.6. The average molecular weight is 523 g/mol. The number of halogens is 6. The predicted molar refractivity (Wildman–Crippen MR) is 119 cm³/mol. The van der Waals surface area contributed by atoms with E-state index in [0.717, 1.165) is 16.7 Å². The molecule has 0 amide bonds. The molecule has 0 aliphatic rings. The van der Waals surface area contributed by atoms with Crippen LogP contribution in [0, 0.1) is 10.1 Å². The number of hydrogen-bond acceptors (Lipinski definition) is 5. The van der Waals surface area contributed by atoms with Crippen molar-refractivity contribution >= 4 is 16.6 Å². The molecule has 0 saturated carbocycles. The zero-order chi connectivity index (χ0) is 27.2. The summed E-state index contributed by atoms with van der Waals surface area (Å²) in [7, 11) is 0. The fourth-order valence-electron chi connectivity index (χ4n) is 3.87. The first kappa shape index (κ1) is 25.8. The van der Waals surface area contributed by atoms with Crippen molar-refractivity contribution in [2.45, 2.75) is 24.4 Å². The standard InChI is InChI=1S/C24H15F6N3O4/c25-23(26,27)22(35,24(28,29)30)15-8-10-16(11-9-15)32-20(13-14-4-3-5-17(12-14)33(36)37)31-19-7-2-1-6-18(19)21(32)34/h1-12,35H,13H2. The van der Waals surface area contributed by atoms with Crippen molar-refractivity contribution in [3.8, 4) is 5.69 Å². The van der Waals surface area contributed by atoms with Gasteiger partial charge in [0.2, 0.25) is 0 Å². The van der Waals surface area contributed by atoms with E-state index in [-0.39, 0.29) is 34.5 Å². The number of fused-ring (bicyclic) bond motifs is 1. The lowest BCUT2D eigenvalue weighted by molar-refractivity contribution is -0.384. The molecule has 0 radical (unpaired) electrons. The maximum absolute atomic E-state index is 13.3. The molecule has 4 aromatic rings. The highest BCUT2D eigenvalue weighted by Gasteiger charge is 2.71. The van der Waals surface area contributed by atoms with Gasteiger partial charge in [0, 0.05) is 24.1 Å². The van der Waals surface area contributed by atoms with Crippen molar-refractivity contribution in [3.63, 3.8) is 0 Å². The Labute approximate surface area is 203 Å². The van der Waals surface area contributed by atoms with Gasteiger partial charge < -0.3 is 5.11 Å². The molecule has 0 aliphatic carbocycles. The Morgan fingerprint density at radius 2 is 1.51 bits per heavy atom. The summed E-state index contributed by atoms with van der Waals surface area (Å²) in [6.45, 7) is 0. The first-order valence-electron chi connectivity index (χ1n) is 10.4. The third-order valence-electron chi connectivity index (χ3n) is 5.69. The number of nitro benzene ring substituents is 1. The van der Waals surface area contributed by atoms with Gasteiger partial charge in [-0.2, -0.15) is 26.3 Å². The molecule has 0 saturated heterocycles. The zero-order valence-electron chi connectivity index (χ0n) is 18.4. The van der Waals surface area contributed by atoms with Crippen LogP contribution in [0.1, 0.15) is 17.0 Å². The number of non-ortho nitro benzene ring substituents is 1. The molecular weight excluding hydrogens is 508 g/mol. The lowest BCUT2D eigenvalue weighted by Gasteiger charge is -2.32. The molecule has 3 aromatic carbocycles. The summed E-state index contributed by atoms with van der Waals surface area (Å²) in [5, 5.41) is 20.9. The SMILES string of the molecule is O=c1c2ccccc2nc(Cc2cccc([N+](=O)[O-])c2)n1-c1ccc(C(O)(C(F)(F)F)C(F)(F)F)cc1. The molecule has 1 N–H and O–H groups in total. The van der Waals surface area contributed by atoms with Crippen LogP contribution in [0.4, 0.5) is 32.0 Å². The van der Waals surface area contributed by atoms with Crippen LogP contribution in [0.15, 0.2) is 77.6 Å². The highest BCUT2D eigenvalue weighted by atomic mass is 19.4. The summed E-state index contributed by atoms with van der Waals surface area (Å²) in [5.41, 5.74) is -6.99. The number of rotatable bonds is 5. The molecule has 0 aliphatic heterocycles. The Morgan fingerprint density at radius 3 is 2.11 bits per heavy atom. The molecule has 1 aromatic heterocycles. The Hall–Kier alpha value is -4.26. The topological polar surface area (TPSA) is 98.3 Å². The maximum Gasteiger partial charge on any atom is 0.430 e. The van der Waals surface area contributed by atoms with Gasteiger partial charge in [0.25, 0.3) is 16.8 Å². The van der Waals surface area contributed by atoms with Gasteiger partial charge in [-0.1, -0.05) is 36.4 Å². The monoisotopic (exact) mass is 523 g/mol. The summed E-state index contributed by atoms with van der Waals surface area (Å²) in [6, 6.07) is 14.1. The molecule has 0 atom stereocenters. The van der Waals surface area contributed by atoms with Crippen molar-refractivity contribution in [1.29, 1.82) is 0 Å². The van der Waals surface area contributed by atoms with Crippen LogP contribution in [-0.2, 0) is 12.0 Å². The molecule has 1 heterocycles. The van der Waals surface area contributed by atoms with E-state index < -0.39 is 34.0 Å². The third kappa shape index (κ3) is 4.53. The van der Waals surface area contributed by atoms with E-state index >= 15 is 0 Å². The maximum atomic E-state index is 13.3. The zero-order valence-corrected chi connectivity index (χ0v) is 18.4. The van der Waals surface area contributed by atoms with Gasteiger partial charge in [-0.3, -0.25) is 19.5 Å². The minimum Gasteiger partial charge on any atom is -0.369 e. The van der Waals surface area contributed by atoms with Gasteiger partial charge >= 0.3 is 12.4 Å². The van der Waals surface area contributed by atoms with E-state index in [1.807, 2.05) is 0 Å². The van der Waals surface area contributed by atoms with Crippen LogP contribution in [0.2, 0.25) is 0 Å². The number of hydrogen-bond donors (Lipinski definition) is 1. The fourth-order valence-corrected chi connectivity index (χ4v) is 3.87. The third-order valence-corrected chi connectivity index (χ3v) is 5.69. The van der Waals surface area contributed by atoms with E-state index in [4.69, 9.17) is 0 Å². The van der Waals surface area contributed by atoms with Crippen LogP contribution in [0.5, 0.6) is 0 Å². The molecule has 192 valence electrons. The molecule has 37 heavy (non-hydrogen) atoms. The minimum atomic E-state index is -6.07. The number of aromatic nitrogens is 2. The summed E-state index contributed by atoms with van der Waals surface area (Å²) in [4.78, 5) is 28.2. The van der Waals surface area contributed by atoms with Crippen molar-refractivity contribution < 1.29 is 36.4 Å². The number of para-hydroxylation sites is 1. The van der Waals surface area contributed by atoms with Gasteiger partial charge in [-0.05, 0) is 29.8 Å². The second kappa shape index (κ2) is 9.00. The molecular formula is C24H15F6N3O4. The van der Waals surface area contributed by atoms with Crippen LogP contribution in [0.3, 0.4) is 0 Å². The van der Waals surface area contributed by atoms with E-state index in [2.05, 4.69) is 4.98 Å². The minimum absolute atomic E-state index is 0.0267. The van der Waals surface area contributed by atoms with Gasteiger partial charge in [-0.25, -0.2) is 4.98 Å². The summed E-state index contributed by atoms with van der Waals surface area (Å²) in [6.07, 6.45) is -12.3. The Balaban J connectivity index is 1.89. The Bertz CT molecular complexity index is 1530. The van der Waals surface area contributed by atoms with Gasteiger partial charge in [0.1, 0.15) is 5.82 Å². The molecule has 4 rings (SSSR count). The lowest BCUT2D eigenvalue weighted by Crippen LogP contribution is -2.53. The Kier molecular flexibility index (Phi) is 6.28. The van der Waals surface area contributed by atoms with Crippen molar-refractivity contribution in [3.05, 3.63) is 110 Å². The van der Waals surface area contributed by atoms with E-state index in [9.17, 15) is 46.4 Å². The van der Waals surface area contributed by atoms with E-state index in [1.54, 1.807) is 12.1 Å². The first-order chi connectivity index (χ1) is 17.2. The molecule has 0 bridgehead atoms. The number of nitro groups is 1. The number of nitrogens with zero attached hydrogens (tertiary/aromatic N) is 3. The quantitative estimate of drug-likeness (QED) is 0.220. The second-order valence-electron chi connectivity index (χ2n) is 8.04. The molecule has 0 unspecified atom stereocenters. The van der Waals surface area contributed by atoms with E-state index in [0.29, 0.717) is 17.7 Å². The second-order valence-corrected chi connectivity index (χ2v) is 8.04. The van der Waals surface area contributed by atoms with Gasteiger partial charge in [0.05, 0.1) is 21.5 Å². The van der Waals surface area contributed by atoms with Crippen LogP contribution < -0.4 is 5.56 Å². The molecule has 13 heteroatoms. The highest BCUT2D eigenvalue weighted by molar-refractivity contribution is 5.77. The summed E-state index contributed by atoms with van der Waals surface area (Å²) >= 11 is 0. The molecule has 7 nitrogen and oxygen atoms in total. The predicted octanol–water partition coefficient (Wildman–Crippen LogP) is 5.20. The van der Waals surface area contributed by atoms with Crippen molar-refractivity contribution in [2.75, 3.05) is 0 Å². The number of aliphatic hydroxyl groups is 1. The smallest absolute Gasteiger partial charge is 0.369 e. The largest absolute Gasteiger partial charge is 0.430 e. The molecule has 0 fully saturated rings. The highest BCUT2D eigenvalue weighted by Crippen LogP contribution is 2.50. The van der Waals surface area contributed by atoms with Crippen LogP contribution in [-0.4, -0.2) is 31.9 Å². The summed E-state index contributed by atoms with van der Waals surface area (Å²) in [5.74, 6) is 0.0267. The van der Waals surface area contributed by atoms with Gasteiger partial charge in [0.15, 0.2) is 0 Å². The van der Waals surface area contributed by atoms with E-state index in [1.165, 1.54) is 36.4 Å². The van der Waals surface area contributed by atoms with Crippen LogP contribution in [0.25, 0.3) is 16.6 Å². The fraction of sp³-hybridized carbons (Fsp3) is 0.167. The normalized spacial score (nSPS) is 12.6. The van der Waals surface area contributed by atoms with Gasteiger partial charge in [-0.15, -0.1) is 0 Å². The molecule has 0 spiro atoms. The van der Waals surface area contributed by atoms with Crippen molar-refractivity contribution in [2.24, 2.45) is 0 Å².